The zero-order valence-electron chi connectivity index (χ0n) is 9.13. The minimum atomic E-state index is -4.41. The van der Waals surface area contributed by atoms with Gasteiger partial charge in [0.2, 0.25) is 0 Å². The second-order valence-corrected chi connectivity index (χ2v) is 4.20. The van der Waals surface area contributed by atoms with Gasteiger partial charge in [-0.3, -0.25) is 4.98 Å². The van der Waals surface area contributed by atoms with Gasteiger partial charge in [0.15, 0.2) is 0 Å². The minimum absolute atomic E-state index is 0.525. The number of rotatable bonds is 1. The van der Waals surface area contributed by atoms with E-state index in [4.69, 9.17) is 10.5 Å². The fourth-order valence-corrected chi connectivity index (χ4v) is 1.88. The van der Waals surface area contributed by atoms with Gasteiger partial charge in [-0.05, 0) is 24.5 Å². The maximum Gasteiger partial charge on any atom is 0.433 e. The van der Waals surface area contributed by atoms with Crippen LogP contribution in [0.2, 0.25) is 0 Å². The topological polar surface area (TPSA) is 48.1 Å². The standard InChI is InChI=1S/C11H13F3N2O/c12-11(13,14)9-2-1-8(7-16-9)10(15)3-5-17-6-4-10/h1-2,7H,3-6,15H2. The highest BCUT2D eigenvalue weighted by Crippen LogP contribution is 2.31. The maximum absolute atomic E-state index is 12.3. The molecular weight excluding hydrogens is 233 g/mol. The van der Waals surface area contributed by atoms with Crippen molar-refractivity contribution >= 4 is 0 Å². The average Bonchev–Trinajstić information content (AvgIpc) is 2.29. The summed E-state index contributed by atoms with van der Waals surface area (Å²) < 4.78 is 42.2. The quantitative estimate of drug-likeness (QED) is 0.825. The molecule has 0 aromatic carbocycles. The molecule has 94 valence electrons. The van der Waals surface area contributed by atoms with Crippen LogP contribution in [0, 0.1) is 0 Å². The summed E-state index contributed by atoms with van der Waals surface area (Å²) in [5.74, 6) is 0. The Kier molecular flexibility index (Phi) is 3.09. The zero-order chi connectivity index (χ0) is 12.5. The molecule has 1 aromatic rings. The molecule has 0 bridgehead atoms. The van der Waals surface area contributed by atoms with Crippen molar-refractivity contribution in [3.63, 3.8) is 0 Å². The van der Waals surface area contributed by atoms with Crippen LogP contribution in [0.25, 0.3) is 0 Å². The summed E-state index contributed by atoms with van der Waals surface area (Å²) in [4.78, 5) is 3.42. The Bertz CT molecular complexity index is 383. The van der Waals surface area contributed by atoms with Crippen molar-refractivity contribution in [3.8, 4) is 0 Å². The number of hydrogen-bond donors (Lipinski definition) is 1. The summed E-state index contributed by atoms with van der Waals surface area (Å²) >= 11 is 0. The molecule has 2 rings (SSSR count). The Morgan fingerprint density at radius 3 is 2.35 bits per heavy atom. The molecule has 1 aromatic heterocycles. The molecule has 17 heavy (non-hydrogen) atoms. The Labute approximate surface area is 96.8 Å². The Morgan fingerprint density at radius 2 is 1.88 bits per heavy atom. The third kappa shape index (κ3) is 2.58. The molecule has 6 heteroatoms. The molecule has 0 atom stereocenters. The van der Waals surface area contributed by atoms with Crippen LogP contribution < -0.4 is 5.73 Å². The number of nitrogens with two attached hydrogens (primary N) is 1. The predicted molar refractivity (Wildman–Crippen MR) is 55.2 cm³/mol. The lowest BCUT2D eigenvalue weighted by Crippen LogP contribution is -2.42. The SMILES string of the molecule is NC1(c2ccc(C(F)(F)F)nc2)CCOCC1. The maximum atomic E-state index is 12.3. The summed E-state index contributed by atoms with van der Waals surface area (Å²) in [6.07, 6.45) is -2.00. The summed E-state index contributed by atoms with van der Waals surface area (Å²) in [5.41, 5.74) is 5.26. The Hall–Kier alpha value is -1.14. The van der Waals surface area contributed by atoms with Crippen LogP contribution in [0.5, 0.6) is 0 Å². The van der Waals surface area contributed by atoms with Crippen molar-refractivity contribution in [2.24, 2.45) is 5.73 Å². The van der Waals surface area contributed by atoms with Gasteiger partial charge < -0.3 is 10.5 Å². The van der Waals surface area contributed by atoms with Gasteiger partial charge in [-0.1, -0.05) is 6.07 Å². The number of alkyl halides is 3. The first-order valence-electron chi connectivity index (χ1n) is 5.32. The van der Waals surface area contributed by atoms with E-state index in [1.165, 1.54) is 12.3 Å². The Balaban J connectivity index is 2.23. The molecule has 1 aliphatic rings. The monoisotopic (exact) mass is 246 g/mol. The van der Waals surface area contributed by atoms with Gasteiger partial charge in [0.05, 0.1) is 0 Å². The lowest BCUT2D eigenvalue weighted by molar-refractivity contribution is -0.141. The fourth-order valence-electron chi connectivity index (χ4n) is 1.88. The normalized spacial score (nSPS) is 20.2. The zero-order valence-corrected chi connectivity index (χ0v) is 9.13. The fraction of sp³-hybridized carbons (Fsp3) is 0.545. The number of halogens is 3. The summed E-state index contributed by atoms with van der Waals surface area (Å²) in [7, 11) is 0. The van der Waals surface area contributed by atoms with E-state index in [2.05, 4.69) is 4.98 Å². The van der Waals surface area contributed by atoms with Crippen molar-refractivity contribution in [1.29, 1.82) is 0 Å². The largest absolute Gasteiger partial charge is 0.433 e. The van der Waals surface area contributed by atoms with Gasteiger partial charge in [0.25, 0.3) is 0 Å². The predicted octanol–water partition coefficient (Wildman–Crippen LogP) is 2.06. The van der Waals surface area contributed by atoms with Gasteiger partial charge >= 0.3 is 6.18 Å². The summed E-state index contributed by atoms with van der Waals surface area (Å²) in [5, 5.41) is 0. The first-order valence-corrected chi connectivity index (χ1v) is 5.32. The third-order valence-corrected chi connectivity index (χ3v) is 3.01. The van der Waals surface area contributed by atoms with Gasteiger partial charge in [-0.15, -0.1) is 0 Å². The number of hydrogen-bond acceptors (Lipinski definition) is 3. The molecule has 0 aliphatic carbocycles. The van der Waals surface area contributed by atoms with E-state index in [-0.39, 0.29) is 0 Å². The van der Waals surface area contributed by atoms with Gasteiger partial charge in [-0.25, -0.2) is 0 Å². The van der Waals surface area contributed by atoms with E-state index >= 15 is 0 Å². The molecule has 0 radical (unpaired) electrons. The van der Waals surface area contributed by atoms with Crippen LogP contribution in [0.3, 0.4) is 0 Å². The smallest absolute Gasteiger partial charge is 0.381 e. The lowest BCUT2D eigenvalue weighted by atomic mass is 9.85. The highest BCUT2D eigenvalue weighted by molar-refractivity contribution is 5.24. The lowest BCUT2D eigenvalue weighted by Gasteiger charge is -2.33. The number of nitrogens with zero attached hydrogens (tertiary/aromatic N) is 1. The summed E-state index contributed by atoms with van der Waals surface area (Å²) in [6.45, 7) is 1.05. The van der Waals surface area contributed by atoms with Crippen molar-refractivity contribution in [2.45, 2.75) is 24.6 Å². The molecule has 2 heterocycles. The highest BCUT2D eigenvalue weighted by atomic mass is 19.4. The van der Waals surface area contributed by atoms with E-state index in [0.29, 0.717) is 31.6 Å². The van der Waals surface area contributed by atoms with Crippen LogP contribution in [-0.4, -0.2) is 18.2 Å². The molecule has 0 amide bonds. The third-order valence-electron chi connectivity index (χ3n) is 3.01. The molecule has 1 fully saturated rings. The van der Waals surface area contributed by atoms with Crippen LogP contribution in [0.15, 0.2) is 18.3 Å². The van der Waals surface area contributed by atoms with Crippen molar-refractivity contribution in [3.05, 3.63) is 29.6 Å². The van der Waals surface area contributed by atoms with E-state index in [0.717, 1.165) is 6.07 Å². The van der Waals surface area contributed by atoms with Crippen LogP contribution in [-0.2, 0) is 16.5 Å². The van der Waals surface area contributed by atoms with Crippen LogP contribution in [0.1, 0.15) is 24.1 Å². The molecule has 1 aliphatic heterocycles. The molecular formula is C11H13F3N2O. The van der Waals surface area contributed by atoms with E-state index in [1.807, 2.05) is 0 Å². The second-order valence-electron chi connectivity index (χ2n) is 4.20. The van der Waals surface area contributed by atoms with E-state index in [9.17, 15) is 13.2 Å². The van der Waals surface area contributed by atoms with Crippen molar-refractivity contribution in [1.82, 2.24) is 4.98 Å². The van der Waals surface area contributed by atoms with E-state index < -0.39 is 17.4 Å². The Morgan fingerprint density at radius 1 is 1.24 bits per heavy atom. The van der Waals surface area contributed by atoms with Gasteiger partial charge in [-0.2, -0.15) is 13.2 Å². The minimum Gasteiger partial charge on any atom is -0.381 e. The number of pyridine rings is 1. The molecule has 0 spiro atoms. The molecule has 3 nitrogen and oxygen atoms in total. The molecule has 0 unspecified atom stereocenters. The number of aromatic nitrogens is 1. The first-order chi connectivity index (χ1) is 7.92. The average molecular weight is 246 g/mol. The molecule has 1 saturated heterocycles. The summed E-state index contributed by atoms with van der Waals surface area (Å²) in [6, 6.07) is 2.38. The van der Waals surface area contributed by atoms with Crippen LogP contribution in [0.4, 0.5) is 13.2 Å². The highest BCUT2D eigenvalue weighted by Gasteiger charge is 2.34. The van der Waals surface area contributed by atoms with Crippen molar-refractivity contribution in [2.75, 3.05) is 13.2 Å². The molecule has 2 N–H and O–H groups in total. The van der Waals surface area contributed by atoms with Gasteiger partial charge in [0, 0.05) is 24.9 Å². The van der Waals surface area contributed by atoms with Gasteiger partial charge in [0.1, 0.15) is 5.69 Å². The second kappa shape index (κ2) is 4.27. The van der Waals surface area contributed by atoms with Crippen LogP contribution >= 0.6 is 0 Å². The number of ether oxygens (including phenoxy) is 1. The van der Waals surface area contributed by atoms with E-state index in [1.54, 1.807) is 0 Å². The van der Waals surface area contributed by atoms with Crippen molar-refractivity contribution < 1.29 is 17.9 Å². The molecule has 0 saturated carbocycles. The first kappa shape index (κ1) is 12.3.